The molecule has 0 aromatic heterocycles. The van der Waals surface area contributed by atoms with Crippen molar-refractivity contribution in [3.05, 3.63) is 35.9 Å². The van der Waals surface area contributed by atoms with Crippen LogP contribution < -0.4 is 0 Å². The summed E-state index contributed by atoms with van der Waals surface area (Å²) in [5.41, 5.74) is 1.48. The van der Waals surface area contributed by atoms with E-state index in [0.717, 1.165) is 42.6 Å². The number of aliphatic hydroxyl groups is 2. The topological polar surface area (TPSA) is 40.5 Å². The molecule has 4 fully saturated rings. The van der Waals surface area contributed by atoms with Gasteiger partial charge in [0, 0.05) is 0 Å². The number of aliphatic hydroxyl groups excluding tert-OH is 1. The van der Waals surface area contributed by atoms with E-state index < -0.39 is 5.60 Å². The summed E-state index contributed by atoms with van der Waals surface area (Å²) >= 11 is 0. The maximum atomic E-state index is 11.2. The van der Waals surface area contributed by atoms with Crippen molar-refractivity contribution in [2.24, 2.45) is 46.3 Å². The number of hydrogen-bond donors (Lipinski definition) is 2. The van der Waals surface area contributed by atoms with Crippen molar-refractivity contribution in [3.63, 3.8) is 0 Å². The van der Waals surface area contributed by atoms with E-state index in [0.29, 0.717) is 28.6 Å². The lowest BCUT2D eigenvalue weighted by atomic mass is 9.43. The summed E-state index contributed by atoms with van der Waals surface area (Å²) in [6, 6.07) is 10.3. The van der Waals surface area contributed by atoms with Crippen LogP contribution in [0.1, 0.15) is 104 Å². The number of hydrogen-bond acceptors (Lipinski definition) is 2. The third kappa shape index (κ3) is 3.42. The van der Waals surface area contributed by atoms with E-state index in [2.05, 4.69) is 52.0 Å². The summed E-state index contributed by atoms with van der Waals surface area (Å²) in [4.78, 5) is 0. The first-order valence-electron chi connectivity index (χ1n) is 13.7. The summed E-state index contributed by atoms with van der Waals surface area (Å²) in [5.74, 6) is 4.16. The highest BCUT2D eigenvalue weighted by atomic mass is 16.3. The molecule has 0 aliphatic heterocycles. The standard InChI is InChI=1S/C30H46O2/c1-5-30(32)18-17-28(3)22(19-30)11-12-23-25-14-13-24(29(25,4)16-15-26(23)28)20(2)27(31)21-9-7-6-8-10-21/h6-10,20,22-27,31-32H,5,11-19H2,1-4H3/t20-,22-,23-,24+,25-,26-,27+,28-,29+,30-/m0/s1. The highest BCUT2D eigenvalue weighted by Crippen LogP contribution is 2.69. The van der Waals surface area contributed by atoms with Crippen LogP contribution in [0.5, 0.6) is 0 Å². The van der Waals surface area contributed by atoms with E-state index in [1.54, 1.807) is 0 Å². The Hall–Kier alpha value is -0.860. The molecule has 2 N–H and O–H groups in total. The van der Waals surface area contributed by atoms with E-state index in [4.69, 9.17) is 0 Å². The van der Waals surface area contributed by atoms with Crippen LogP contribution in [0.2, 0.25) is 0 Å². The summed E-state index contributed by atoms with van der Waals surface area (Å²) < 4.78 is 0. The van der Waals surface area contributed by atoms with E-state index in [1.807, 2.05) is 6.07 Å². The normalized spacial score (nSPS) is 47.8. The van der Waals surface area contributed by atoms with Gasteiger partial charge in [0.05, 0.1) is 11.7 Å². The minimum atomic E-state index is -0.401. The Bertz CT molecular complexity index is 806. The highest BCUT2D eigenvalue weighted by Gasteiger charge is 2.61. The molecule has 0 spiro atoms. The summed E-state index contributed by atoms with van der Waals surface area (Å²) in [5, 5.41) is 22.3. The first-order chi connectivity index (χ1) is 15.2. The summed E-state index contributed by atoms with van der Waals surface area (Å²) in [6.07, 6.45) is 11.8. The molecular weight excluding hydrogens is 392 g/mol. The Labute approximate surface area is 196 Å². The van der Waals surface area contributed by atoms with E-state index in [-0.39, 0.29) is 6.10 Å². The van der Waals surface area contributed by atoms with Crippen molar-refractivity contribution < 1.29 is 10.2 Å². The van der Waals surface area contributed by atoms with Crippen LogP contribution in [-0.2, 0) is 0 Å². The largest absolute Gasteiger partial charge is 0.390 e. The van der Waals surface area contributed by atoms with Gasteiger partial charge in [0.2, 0.25) is 0 Å². The molecule has 32 heavy (non-hydrogen) atoms. The lowest BCUT2D eigenvalue weighted by Crippen LogP contribution is -2.56. The van der Waals surface area contributed by atoms with Gasteiger partial charge in [-0.15, -0.1) is 0 Å². The second kappa shape index (κ2) is 8.12. The lowest BCUT2D eigenvalue weighted by Gasteiger charge is -2.62. The molecule has 0 unspecified atom stereocenters. The minimum Gasteiger partial charge on any atom is -0.390 e. The molecule has 0 heterocycles. The molecule has 1 aromatic carbocycles. The smallest absolute Gasteiger partial charge is 0.0818 e. The second-order valence-corrected chi connectivity index (χ2v) is 12.9. The van der Waals surface area contributed by atoms with Gasteiger partial charge in [0.25, 0.3) is 0 Å². The van der Waals surface area contributed by atoms with E-state index in [1.165, 1.54) is 44.9 Å². The Balaban J connectivity index is 1.35. The fourth-order valence-corrected chi connectivity index (χ4v) is 9.72. The molecule has 0 amide bonds. The van der Waals surface area contributed by atoms with Crippen LogP contribution in [0.25, 0.3) is 0 Å². The number of benzene rings is 1. The van der Waals surface area contributed by atoms with Gasteiger partial charge in [0.15, 0.2) is 0 Å². The van der Waals surface area contributed by atoms with Gasteiger partial charge >= 0.3 is 0 Å². The second-order valence-electron chi connectivity index (χ2n) is 12.9. The molecule has 178 valence electrons. The van der Waals surface area contributed by atoms with Gasteiger partial charge in [-0.3, -0.25) is 0 Å². The van der Waals surface area contributed by atoms with Crippen LogP contribution >= 0.6 is 0 Å². The molecule has 10 atom stereocenters. The zero-order valence-electron chi connectivity index (χ0n) is 20.9. The van der Waals surface area contributed by atoms with Crippen molar-refractivity contribution in [1.29, 1.82) is 0 Å². The number of rotatable bonds is 4. The molecule has 0 bridgehead atoms. The zero-order chi connectivity index (χ0) is 22.7. The van der Waals surface area contributed by atoms with Gasteiger partial charge in [-0.1, -0.05) is 58.0 Å². The van der Waals surface area contributed by atoms with Gasteiger partial charge in [0.1, 0.15) is 0 Å². The number of fused-ring (bicyclic) bond motifs is 5. The Kier molecular flexibility index (Phi) is 5.81. The van der Waals surface area contributed by atoms with Crippen molar-refractivity contribution in [2.75, 3.05) is 0 Å². The fraction of sp³-hybridized carbons (Fsp3) is 0.800. The molecule has 5 rings (SSSR count). The quantitative estimate of drug-likeness (QED) is 0.524. The van der Waals surface area contributed by atoms with Crippen molar-refractivity contribution >= 4 is 0 Å². The Morgan fingerprint density at radius 3 is 2.34 bits per heavy atom. The SMILES string of the molecule is CC[C@]1(O)CC[C@@]2(C)[C@@H](CC[C@@H]3[C@@H]2CC[C@]2(C)[C@@H]([C@H](C)[C@@H](O)c4ccccc4)CC[C@@H]32)C1. The molecule has 1 aromatic rings. The molecular formula is C30H46O2. The van der Waals surface area contributed by atoms with Gasteiger partial charge in [-0.25, -0.2) is 0 Å². The van der Waals surface area contributed by atoms with Crippen LogP contribution in [0.3, 0.4) is 0 Å². The molecule has 4 aliphatic rings. The van der Waals surface area contributed by atoms with Crippen LogP contribution in [0, 0.1) is 46.3 Å². The average Bonchev–Trinajstić information content (AvgIpc) is 3.16. The van der Waals surface area contributed by atoms with Gasteiger partial charge < -0.3 is 10.2 Å². The van der Waals surface area contributed by atoms with Crippen LogP contribution in [-0.4, -0.2) is 15.8 Å². The first kappa shape index (κ1) is 22.9. The first-order valence-corrected chi connectivity index (χ1v) is 13.7. The summed E-state index contributed by atoms with van der Waals surface area (Å²) in [7, 11) is 0. The van der Waals surface area contributed by atoms with Crippen LogP contribution in [0.4, 0.5) is 0 Å². The molecule has 0 saturated heterocycles. The molecule has 4 saturated carbocycles. The fourth-order valence-electron chi connectivity index (χ4n) is 9.72. The van der Waals surface area contributed by atoms with Crippen molar-refractivity contribution in [2.45, 2.75) is 104 Å². The van der Waals surface area contributed by atoms with E-state index in [9.17, 15) is 10.2 Å². The van der Waals surface area contributed by atoms with Crippen molar-refractivity contribution in [3.8, 4) is 0 Å². The zero-order valence-corrected chi connectivity index (χ0v) is 20.9. The Morgan fingerprint density at radius 2 is 1.62 bits per heavy atom. The molecule has 2 heteroatoms. The summed E-state index contributed by atoms with van der Waals surface area (Å²) in [6.45, 7) is 9.67. The molecule has 0 radical (unpaired) electrons. The highest BCUT2D eigenvalue weighted by molar-refractivity contribution is 5.19. The lowest BCUT2D eigenvalue weighted by molar-refractivity contribution is -0.154. The van der Waals surface area contributed by atoms with Gasteiger partial charge in [-0.05, 0) is 116 Å². The van der Waals surface area contributed by atoms with E-state index >= 15 is 0 Å². The molecule has 2 nitrogen and oxygen atoms in total. The van der Waals surface area contributed by atoms with Gasteiger partial charge in [-0.2, -0.15) is 0 Å². The van der Waals surface area contributed by atoms with Crippen LogP contribution in [0.15, 0.2) is 30.3 Å². The minimum absolute atomic E-state index is 0.310. The maximum Gasteiger partial charge on any atom is 0.0818 e. The Morgan fingerprint density at radius 1 is 0.906 bits per heavy atom. The van der Waals surface area contributed by atoms with Crippen molar-refractivity contribution in [1.82, 2.24) is 0 Å². The third-order valence-electron chi connectivity index (χ3n) is 11.8. The maximum absolute atomic E-state index is 11.2. The monoisotopic (exact) mass is 438 g/mol. The average molecular weight is 439 g/mol. The third-order valence-corrected chi connectivity index (χ3v) is 11.8. The predicted octanol–water partition coefficient (Wildman–Crippen LogP) is 7.16. The predicted molar refractivity (Wildman–Crippen MR) is 131 cm³/mol. The molecule has 4 aliphatic carbocycles.